The lowest BCUT2D eigenvalue weighted by Crippen LogP contribution is -2.24. The Morgan fingerprint density at radius 2 is 1.96 bits per heavy atom. The van der Waals surface area contributed by atoms with Gasteiger partial charge in [-0.2, -0.15) is 0 Å². The molecule has 26 heavy (non-hydrogen) atoms. The normalized spacial score (nSPS) is 11.1. The quantitative estimate of drug-likeness (QED) is 0.370. The van der Waals surface area contributed by atoms with Crippen molar-refractivity contribution in [3.05, 3.63) is 80.0 Å². The van der Waals surface area contributed by atoms with E-state index in [0.29, 0.717) is 28.1 Å². The van der Waals surface area contributed by atoms with Crippen molar-refractivity contribution in [1.82, 2.24) is 19.5 Å². The molecule has 0 aliphatic carbocycles. The Balaban J connectivity index is 1.76. The van der Waals surface area contributed by atoms with Gasteiger partial charge in [-0.1, -0.05) is 47.6 Å². The fourth-order valence-corrected chi connectivity index (χ4v) is 4.46. The van der Waals surface area contributed by atoms with Crippen molar-refractivity contribution in [1.29, 1.82) is 0 Å². The topological polar surface area (TPSA) is 60.7 Å². The molecular weight excluding hydrogens is 388 g/mol. The van der Waals surface area contributed by atoms with E-state index < -0.39 is 0 Å². The van der Waals surface area contributed by atoms with Crippen molar-refractivity contribution in [3.8, 4) is 0 Å². The second-order valence-electron chi connectivity index (χ2n) is 5.47. The molecule has 0 aliphatic rings. The van der Waals surface area contributed by atoms with Crippen LogP contribution in [0.3, 0.4) is 0 Å². The van der Waals surface area contributed by atoms with Crippen molar-refractivity contribution >= 4 is 45.9 Å². The van der Waals surface area contributed by atoms with Crippen LogP contribution in [0.1, 0.15) is 10.4 Å². The zero-order valence-electron chi connectivity index (χ0n) is 13.5. The Hall–Kier alpha value is -2.22. The van der Waals surface area contributed by atoms with Gasteiger partial charge in [0.2, 0.25) is 0 Å². The first kappa shape index (κ1) is 17.2. The zero-order valence-corrected chi connectivity index (χ0v) is 15.9. The number of halogens is 1. The molecule has 0 fully saturated rings. The summed E-state index contributed by atoms with van der Waals surface area (Å²) >= 11 is 9.32. The molecule has 8 heteroatoms. The van der Waals surface area contributed by atoms with E-state index in [1.165, 1.54) is 18.0 Å². The fraction of sp³-hybridized carbons (Fsp3) is 0.111. The number of nitrogens with zero attached hydrogens (tertiary/aromatic N) is 4. The Labute approximate surface area is 162 Å². The summed E-state index contributed by atoms with van der Waals surface area (Å²) < 4.78 is 1.66. The lowest BCUT2D eigenvalue weighted by atomic mass is 10.2. The summed E-state index contributed by atoms with van der Waals surface area (Å²) in [7, 11) is 0. The first-order chi connectivity index (χ1) is 12.7. The first-order valence-electron chi connectivity index (χ1n) is 7.82. The summed E-state index contributed by atoms with van der Waals surface area (Å²) in [5.74, 6) is 0.613. The van der Waals surface area contributed by atoms with Crippen LogP contribution in [0.2, 0.25) is 5.02 Å². The lowest BCUT2D eigenvalue weighted by Gasteiger charge is -2.12. The predicted octanol–water partition coefficient (Wildman–Crippen LogP) is 4.24. The highest BCUT2D eigenvalue weighted by Crippen LogP contribution is 2.26. The van der Waals surface area contributed by atoms with E-state index in [1.807, 2.05) is 41.8 Å². The van der Waals surface area contributed by atoms with Crippen LogP contribution < -0.4 is 5.56 Å². The number of rotatable bonds is 5. The average molecular weight is 401 g/mol. The molecule has 3 heterocycles. The number of hydrogen-bond donors (Lipinski definition) is 0. The third kappa shape index (κ3) is 3.51. The van der Waals surface area contributed by atoms with Crippen molar-refractivity contribution in [2.24, 2.45) is 0 Å². The molecule has 3 aromatic heterocycles. The van der Waals surface area contributed by atoms with Crippen LogP contribution in [0, 0.1) is 0 Å². The van der Waals surface area contributed by atoms with Crippen molar-refractivity contribution in [2.75, 3.05) is 0 Å². The molecule has 0 saturated heterocycles. The molecule has 1 aromatic carbocycles. The maximum atomic E-state index is 12.9. The first-order valence-corrected chi connectivity index (χ1v) is 10.1. The van der Waals surface area contributed by atoms with Crippen molar-refractivity contribution in [3.63, 3.8) is 0 Å². The largest absolute Gasteiger partial charge is 0.282 e. The van der Waals surface area contributed by atoms with E-state index in [0.717, 1.165) is 10.4 Å². The Morgan fingerprint density at radius 1 is 1.12 bits per heavy atom. The van der Waals surface area contributed by atoms with Crippen LogP contribution in [-0.2, 0) is 12.3 Å². The van der Waals surface area contributed by atoms with E-state index in [-0.39, 0.29) is 11.1 Å². The number of thiophene rings is 1. The molecule has 0 bridgehead atoms. The molecule has 0 saturated carbocycles. The van der Waals surface area contributed by atoms with E-state index in [9.17, 15) is 4.79 Å². The average Bonchev–Trinajstić information content (AvgIpc) is 3.17. The number of fused-ring (bicyclic) bond motifs is 1. The molecular formula is C18H13ClN4OS2. The van der Waals surface area contributed by atoms with Crippen LogP contribution in [0.15, 0.2) is 64.1 Å². The Kier molecular flexibility index (Phi) is 5.01. The molecule has 0 atom stereocenters. The van der Waals surface area contributed by atoms with Gasteiger partial charge >= 0.3 is 0 Å². The van der Waals surface area contributed by atoms with E-state index in [2.05, 4.69) is 15.0 Å². The highest BCUT2D eigenvalue weighted by Gasteiger charge is 2.14. The molecule has 5 nitrogen and oxygen atoms in total. The standard InChI is InChI=1S/C18H13ClN4OS2/c19-14-6-2-1-4-12(14)11-26-18-22-16-15(20-7-8-21-16)17(24)23(18)10-13-5-3-9-25-13/h1-9H,10-11H2. The van der Waals surface area contributed by atoms with Crippen LogP contribution >= 0.6 is 34.7 Å². The Bertz CT molecular complexity index is 1110. The highest BCUT2D eigenvalue weighted by atomic mass is 35.5. The second-order valence-corrected chi connectivity index (χ2v) is 7.86. The zero-order chi connectivity index (χ0) is 17.9. The third-order valence-corrected chi connectivity index (χ3v) is 6.02. The summed E-state index contributed by atoms with van der Waals surface area (Å²) in [6.07, 6.45) is 3.05. The molecule has 0 unspecified atom stereocenters. The van der Waals surface area contributed by atoms with Crippen LogP contribution in [0.25, 0.3) is 11.2 Å². The monoisotopic (exact) mass is 400 g/mol. The molecule has 0 amide bonds. The van der Waals surface area contributed by atoms with Crippen LogP contribution in [-0.4, -0.2) is 19.5 Å². The third-order valence-electron chi connectivity index (χ3n) is 3.77. The Morgan fingerprint density at radius 3 is 2.77 bits per heavy atom. The maximum Gasteiger partial charge on any atom is 0.282 e. The highest BCUT2D eigenvalue weighted by molar-refractivity contribution is 7.98. The fourth-order valence-electron chi connectivity index (χ4n) is 2.49. The van der Waals surface area contributed by atoms with Gasteiger partial charge in [-0.25, -0.2) is 15.0 Å². The van der Waals surface area contributed by atoms with Crippen molar-refractivity contribution < 1.29 is 0 Å². The van der Waals surface area contributed by atoms with Gasteiger partial charge in [0.25, 0.3) is 5.56 Å². The summed E-state index contributed by atoms with van der Waals surface area (Å²) in [6, 6.07) is 11.6. The van der Waals surface area contributed by atoms with Gasteiger partial charge in [-0.3, -0.25) is 9.36 Å². The molecule has 0 spiro atoms. The summed E-state index contributed by atoms with van der Waals surface area (Å²) in [4.78, 5) is 26.9. The minimum Gasteiger partial charge on any atom is -0.280 e. The van der Waals surface area contributed by atoms with Gasteiger partial charge in [-0.05, 0) is 23.1 Å². The van der Waals surface area contributed by atoms with Crippen LogP contribution in [0.5, 0.6) is 0 Å². The molecule has 4 rings (SSSR count). The minimum absolute atomic E-state index is 0.182. The van der Waals surface area contributed by atoms with Gasteiger partial charge in [0.15, 0.2) is 16.3 Å². The van der Waals surface area contributed by atoms with Gasteiger partial charge in [0.1, 0.15) is 0 Å². The number of aromatic nitrogens is 4. The molecule has 4 aromatic rings. The van der Waals surface area contributed by atoms with Gasteiger partial charge in [-0.15, -0.1) is 11.3 Å². The van der Waals surface area contributed by atoms with Crippen molar-refractivity contribution in [2.45, 2.75) is 17.5 Å². The summed E-state index contributed by atoms with van der Waals surface area (Å²) in [5, 5.41) is 3.30. The maximum absolute atomic E-state index is 12.9. The molecule has 0 aliphatic heterocycles. The smallest absolute Gasteiger partial charge is 0.280 e. The van der Waals surface area contributed by atoms with Gasteiger partial charge in [0, 0.05) is 28.0 Å². The summed E-state index contributed by atoms with van der Waals surface area (Å²) in [5.41, 5.74) is 1.46. The van der Waals surface area contributed by atoms with E-state index in [4.69, 9.17) is 11.6 Å². The van der Waals surface area contributed by atoms with Gasteiger partial charge < -0.3 is 0 Å². The molecule has 130 valence electrons. The van der Waals surface area contributed by atoms with E-state index in [1.54, 1.807) is 22.1 Å². The minimum atomic E-state index is -0.182. The number of hydrogen-bond acceptors (Lipinski definition) is 6. The second kappa shape index (κ2) is 7.57. The SMILES string of the molecule is O=c1c2nccnc2nc(SCc2ccccc2Cl)n1Cc1cccs1. The molecule has 0 radical (unpaired) electrons. The number of thioether (sulfide) groups is 1. The van der Waals surface area contributed by atoms with Gasteiger partial charge in [0.05, 0.1) is 6.54 Å². The predicted molar refractivity (Wildman–Crippen MR) is 106 cm³/mol. The van der Waals surface area contributed by atoms with Crippen LogP contribution in [0.4, 0.5) is 0 Å². The number of benzene rings is 1. The molecule has 0 N–H and O–H groups in total. The summed E-state index contributed by atoms with van der Waals surface area (Å²) in [6.45, 7) is 0.459. The lowest BCUT2D eigenvalue weighted by molar-refractivity contribution is 0.660. The van der Waals surface area contributed by atoms with E-state index >= 15 is 0 Å².